The van der Waals surface area contributed by atoms with Gasteiger partial charge in [0.2, 0.25) is 0 Å². The van der Waals surface area contributed by atoms with E-state index in [1.807, 2.05) is 0 Å². The second kappa shape index (κ2) is 3.33. The molecule has 1 aromatic rings. The minimum atomic E-state index is -0.323. The molecule has 0 fully saturated rings. The highest BCUT2D eigenvalue weighted by molar-refractivity contribution is 6.39. The van der Waals surface area contributed by atoms with Crippen molar-refractivity contribution in [2.45, 2.75) is 6.92 Å². The first-order chi connectivity index (χ1) is 7.19. The summed E-state index contributed by atoms with van der Waals surface area (Å²) in [5.74, 6) is -0.453. The molecule has 4 heteroatoms. The van der Waals surface area contributed by atoms with Crippen molar-refractivity contribution in [3.63, 3.8) is 0 Å². The number of carbonyl (C=O) groups is 2. The second-order valence-electron chi connectivity index (χ2n) is 3.16. The normalized spacial score (nSPS) is 17.1. The number of hydrogen-bond donors (Lipinski definition) is 1. The summed E-state index contributed by atoms with van der Waals surface area (Å²) in [5.41, 5.74) is 0.800. The van der Waals surface area contributed by atoms with Crippen LogP contribution in [0.2, 0.25) is 0 Å². The second-order valence-corrected chi connectivity index (χ2v) is 3.16. The van der Waals surface area contributed by atoms with E-state index in [0.717, 1.165) is 0 Å². The van der Waals surface area contributed by atoms with Crippen LogP contribution in [0.15, 0.2) is 29.8 Å². The molecule has 0 unspecified atom stereocenters. The van der Waals surface area contributed by atoms with Crippen LogP contribution in [0.1, 0.15) is 27.6 Å². The van der Waals surface area contributed by atoms with E-state index in [2.05, 4.69) is 4.89 Å². The summed E-state index contributed by atoms with van der Waals surface area (Å²) in [4.78, 5) is 27.3. The van der Waals surface area contributed by atoms with E-state index in [4.69, 9.17) is 5.26 Å². The molecule has 0 spiro atoms. The maximum absolute atomic E-state index is 11.7. The predicted octanol–water partition coefficient (Wildman–Crippen LogP) is 1.86. The van der Waals surface area contributed by atoms with Gasteiger partial charge in [-0.15, -0.1) is 0 Å². The fraction of sp³-hybridized carbons (Fsp3) is 0.0909. The number of carbonyl (C=O) groups excluding carboxylic acids is 2. The van der Waals surface area contributed by atoms with Crippen molar-refractivity contribution in [1.29, 1.82) is 0 Å². The Morgan fingerprint density at radius 2 is 1.87 bits per heavy atom. The van der Waals surface area contributed by atoms with Crippen molar-refractivity contribution < 1.29 is 19.7 Å². The topological polar surface area (TPSA) is 63.6 Å². The van der Waals surface area contributed by atoms with Gasteiger partial charge >= 0.3 is 0 Å². The fourth-order valence-corrected chi connectivity index (χ4v) is 1.62. The monoisotopic (exact) mass is 204 g/mol. The van der Waals surface area contributed by atoms with E-state index >= 15 is 0 Å². The van der Waals surface area contributed by atoms with Gasteiger partial charge in [0.25, 0.3) is 0 Å². The number of ketones is 2. The third-order valence-electron chi connectivity index (χ3n) is 2.36. The lowest BCUT2D eigenvalue weighted by atomic mass is 10.1. The van der Waals surface area contributed by atoms with Crippen molar-refractivity contribution in [3.05, 3.63) is 41.0 Å². The molecule has 15 heavy (non-hydrogen) atoms. The molecule has 0 heterocycles. The van der Waals surface area contributed by atoms with Crippen molar-refractivity contribution in [1.82, 2.24) is 0 Å². The predicted molar refractivity (Wildman–Crippen MR) is 52.1 cm³/mol. The van der Waals surface area contributed by atoms with Gasteiger partial charge in [0.15, 0.2) is 17.3 Å². The molecule has 4 nitrogen and oxygen atoms in total. The Hall–Kier alpha value is -1.94. The van der Waals surface area contributed by atoms with Crippen LogP contribution in [0.25, 0.3) is 0 Å². The average molecular weight is 204 g/mol. The van der Waals surface area contributed by atoms with Crippen LogP contribution in [0, 0.1) is 0 Å². The Morgan fingerprint density at radius 1 is 1.20 bits per heavy atom. The summed E-state index contributed by atoms with van der Waals surface area (Å²) < 4.78 is 0. The van der Waals surface area contributed by atoms with E-state index in [9.17, 15) is 9.59 Å². The zero-order valence-corrected chi connectivity index (χ0v) is 7.98. The van der Waals surface area contributed by atoms with Gasteiger partial charge in [-0.3, -0.25) is 9.59 Å². The van der Waals surface area contributed by atoms with Gasteiger partial charge in [-0.25, -0.2) is 5.26 Å². The van der Waals surface area contributed by atoms with E-state index in [1.54, 1.807) is 6.92 Å². The average Bonchev–Trinajstić information content (AvgIpc) is 2.51. The van der Waals surface area contributed by atoms with Crippen LogP contribution >= 0.6 is 0 Å². The molecular formula is C11H8O4. The number of benzene rings is 1. The Bertz CT molecular complexity index is 485. The van der Waals surface area contributed by atoms with Crippen LogP contribution < -0.4 is 4.89 Å². The van der Waals surface area contributed by atoms with Crippen LogP contribution in [-0.4, -0.2) is 16.8 Å². The lowest BCUT2D eigenvalue weighted by molar-refractivity contribution is -0.137. The molecule has 0 amide bonds. The van der Waals surface area contributed by atoms with E-state index < -0.39 is 0 Å². The van der Waals surface area contributed by atoms with Crippen LogP contribution in [0.3, 0.4) is 0 Å². The molecule has 0 atom stereocenters. The van der Waals surface area contributed by atoms with Crippen molar-refractivity contribution >= 4 is 11.6 Å². The minimum Gasteiger partial charge on any atom is -0.340 e. The first-order valence-electron chi connectivity index (χ1n) is 4.40. The molecule has 1 N–H and O–H groups in total. The molecule has 1 aliphatic carbocycles. The highest BCUT2D eigenvalue weighted by Gasteiger charge is 2.32. The molecule has 0 aromatic heterocycles. The largest absolute Gasteiger partial charge is 0.340 e. The van der Waals surface area contributed by atoms with Gasteiger partial charge in [0.05, 0.1) is 5.57 Å². The molecule has 1 aromatic carbocycles. The number of allylic oxidation sites excluding steroid dienone is 2. The first kappa shape index (κ1) is 9.61. The summed E-state index contributed by atoms with van der Waals surface area (Å²) in [6.45, 7) is 1.64. The standard InChI is InChI=1S/C11H8O4/c1-2-7-10(12)8-4-3-6(15-14)5-9(8)11(7)13/h2-5,14H,1H3. The van der Waals surface area contributed by atoms with Gasteiger partial charge in [-0.2, -0.15) is 0 Å². The molecule has 0 saturated heterocycles. The smallest absolute Gasteiger partial charge is 0.197 e. The molecule has 2 rings (SSSR count). The maximum Gasteiger partial charge on any atom is 0.197 e. The van der Waals surface area contributed by atoms with Gasteiger partial charge in [-0.05, 0) is 25.1 Å². The molecule has 0 bridgehead atoms. The molecule has 0 radical (unpaired) electrons. The van der Waals surface area contributed by atoms with Crippen molar-refractivity contribution in [3.8, 4) is 5.75 Å². The third-order valence-corrected chi connectivity index (χ3v) is 2.36. The van der Waals surface area contributed by atoms with Gasteiger partial charge in [0.1, 0.15) is 0 Å². The summed E-state index contributed by atoms with van der Waals surface area (Å²) in [7, 11) is 0. The summed E-state index contributed by atoms with van der Waals surface area (Å²) in [6.07, 6.45) is 1.49. The Kier molecular flexibility index (Phi) is 2.13. The molecule has 0 aliphatic heterocycles. The number of hydrogen-bond acceptors (Lipinski definition) is 4. The number of Topliss-reactive ketones (excluding diaryl/α,β-unsaturated/α-hetero) is 2. The molecule has 0 saturated carbocycles. The molecular weight excluding hydrogens is 196 g/mol. The SMILES string of the molecule is CC=C1C(=O)c2ccc(OO)cc2C1=O. The molecule has 1 aliphatic rings. The van der Waals surface area contributed by atoms with E-state index in [-0.39, 0.29) is 28.5 Å². The minimum absolute atomic E-state index is 0.146. The van der Waals surface area contributed by atoms with Crippen molar-refractivity contribution in [2.24, 2.45) is 0 Å². The van der Waals surface area contributed by atoms with Gasteiger partial charge in [0, 0.05) is 11.1 Å². The quantitative estimate of drug-likeness (QED) is 0.328. The Labute approximate surface area is 85.7 Å². The zero-order chi connectivity index (χ0) is 11.0. The molecule has 76 valence electrons. The van der Waals surface area contributed by atoms with Crippen LogP contribution in [0.5, 0.6) is 5.75 Å². The summed E-state index contributed by atoms with van der Waals surface area (Å²) in [5, 5.41) is 8.43. The Morgan fingerprint density at radius 3 is 2.47 bits per heavy atom. The third kappa shape index (κ3) is 1.27. The highest BCUT2D eigenvalue weighted by atomic mass is 17.1. The number of rotatable bonds is 1. The van der Waals surface area contributed by atoms with Gasteiger partial charge in [-0.1, -0.05) is 6.08 Å². The number of fused-ring (bicyclic) bond motifs is 1. The lowest BCUT2D eigenvalue weighted by Gasteiger charge is -1.98. The van der Waals surface area contributed by atoms with Crippen molar-refractivity contribution in [2.75, 3.05) is 0 Å². The van der Waals surface area contributed by atoms with Crippen LogP contribution in [0.4, 0.5) is 0 Å². The first-order valence-corrected chi connectivity index (χ1v) is 4.40. The summed E-state index contributed by atoms with van der Waals surface area (Å²) >= 11 is 0. The Balaban J connectivity index is 2.63. The zero-order valence-electron chi connectivity index (χ0n) is 7.98. The van der Waals surface area contributed by atoms with Gasteiger partial charge < -0.3 is 4.89 Å². The van der Waals surface area contributed by atoms with E-state index in [1.165, 1.54) is 24.3 Å². The maximum atomic E-state index is 11.7. The highest BCUT2D eigenvalue weighted by Crippen LogP contribution is 2.29. The van der Waals surface area contributed by atoms with Crippen LogP contribution in [-0.2, 0) is 0 Å². The van der Waals surface area contributed by atoms with E-state index in [0.29, 0.717) is 5.56 Å². The fourth-order valence-electron chi connectivity index (χ4n) is 1.62. The summed E-state index contributed by atoms with van der Waals surface area (Å²) in [6, 6.07) is 4.26. The lowest BCUT2D eigenvalue weighted by Crippen LogP contribution is -1.99.